The number of carbonyl (C=O) groups excluding carboxylic acids is 1. The first kappa shape index (κ1) is 16.4. The second-order valence-corrected chi connectivity index (χ2v) is 6.30. The van der Waals surface area contributed by atoms with E-state index in [0.717, 1.165) is 10.7 Å². The molecule has 4 N–H and O–H groups in total. The van der Waals surface area contributed by atoms with E-state index in [1.165, 1.54) is 10.9 Å². The number of nitrogen functional groups attached to an aromatic ring is 1. The smallest absolute Gasteiger partial charge is 0.248 e. The number of aromatic nitrogens is 2. The van der Waals surface area contributed by atoms with Crippen LogP contribution in [-0.2, 0) is 21.4 Å². The Hall–Kier alpha value is -1.61. The van der Waals surface area contributed by atoms with Crippen LogP contribution in [0.2, 0.25) is 0 Å². The Kier molecular flexibility index (Phi) is 5.52. The molecule has 0 bridgehead atoms. The summed E-state index contributed by atoms with van der Waals surface area (Å²) in [5.41, 5.74) is 10.8. The van der Waals surface area contributed by atoms with Gasteiger partial charge in [-0.05, 0) is 13.3 Å². The van der Waals surface area contributed by atoms with E-state index in [2.05, 4.69) is 5.10 Å². The topological polar surface area (TPSA) is 124 Å². The van der Waals surface area contributed by atoms with Crippen LogP contribution < -0.4 is 11.5 Å². The zero-order valence-electron chi connectivity index (χ0n) is 11.7. The number of aryl methyl sites for hydroxylation is 1. The largest absolute Gasteiger partial charge is 0.381 e. The average Bonchev–Trinajstić information content (AvgIpc) is 2.76. The predicted molar refractivity (Wildman–Crippen MR) is 75.2 cm³/mol. The third-order valence-corrected chi connectivity index (χ3v) is 4.65. The van der Waals surface area contributed by atoms with Crippen molar-refractivity contribution in [1.29, 1.82) is 0 Å². The van der Waals surface area contributed by atoms with Gasteiger partial charge in [-0.15, -0.1) is 0 Å². The number of nitrogens with zero attached hydrogens (tertiary/aromatic N) is 3. The summed E-state index contributed by atoms with van der Waals surface area (Å²) in [5.74, 6) is -0.774. The van der Waals surface area contributed by atoms with Gasteiger partial charge in [0.15, 0.2) is 5.82 Å². The number of primary amides is 1. The van der Waals surface area contributed by atoms with Gasteiger partial charge in [0.2, 0.25) is 15.9 Å². The molecule has 1 heterocycles. The van der Waals surface area contributed by atoms with Crippen molar-refractivity contribution in [3.63, 3.8) is 0 Å². The van der Waals surface area contributed by atoms with Gasteiger partial charge in [-0.25, -0.2) is 8.42 Å². The molecule has 1 amide bonds. The molecule has 1 rings (SSSR count). The SMILES string of the molecule is CCCCN(CC(N)=O)S(=O)(=O)c1cn(CC)nc1N. The highest BCUT2D eigenvalue weighted by atomic mass is 32.2. The van der Waals surface area contributed by atoms with Crippen molar-refractivity contribution >= 4 is 21.7 Å². The first-order valence-corrected chi connectivity index (χ1v) is 7.88. The third kappa shape index (κ3) is 3.70. The lowest BCUT2D eigenvalue weighted by Crippen LogP contribution is -2.39. The fraction of sp³-hybridized carbons (Fsp3) is 0.636. The Labute approximate surface area is 118 Å². The number of rotatable bonds is 8. The van der Waals surface area contributed by atoms with Crippen LogP contribution in [0.1, 0.15) is 26.7 Å². The summed E-state index contributed by atoms with van der Waals surface area (Å²) in [7, 11) is -3.86. The molecule has 0 aliphatic heterocycles. The molecule has 1 aromatic heterocycles. The number of nitrogens with two attached hydrogens (primary N) is 2. The normalized spacial score (nSPS) is 11.9. The molecule has 0 fully saturated rings. The van der Waals surface area contributed by atoms with Crippen LogP contribution in [0.3, 0.4) is 0 Å². The molecule has 0 aromatic carbocycles. The quantitative estimate of drug-likeness (QED) is 0.686. The Morgan fingerprint density at radius 1 is 1.45 bits per heavy atom. The van der Waals surface area contributed by atoms with E-state index >= 15 is 0 Å². The minimum Gasteiger partial charge on any atom is -0.381 e. The summed E-state index contributed by atoms with van der Waals surface area (Å²) >= 11 is 0. The molecule has 0 radical (unpaired) electrons. The second kappa shape index (κ2) is 6.71. The summed E-state index contributed by atoms with van der Waals surface area (Å²) in [5, 5.41) is 3.91. The van der Waals surface area contributed by atoms with E-state index < -0.39 is 15.9 Å². The molecule has 0 saturated carbocycles. The lowest BCUT2D eigenvalue weighted by atomic mass is 10.3. The third-order valence-electron chi connectivity index (χ3n) is 2.79. The van der Waals surface area contributed by atoms with Crippen molar-refractivity contribution in [2.45, 2.75) is 38.1 Å². The fourth-order valence-electron chi connectivity index (χ4n) is 1.71. The Balaban J connectivity index is 3.13. The maximum atomic E-state index is 12.5. The van der Waals surface area contributed by atoms with E-state index in [4.69, 9.17) is 11.5 Å². The highest BCUT2D eigenvalue weighted by Gasteiger charge is 2.29. The number of hydrogen-bond acceptors (Lipinski definition) is 5. The molecule has 0 spiro atoms. The zero-order valence-corrected chi connectivity index (χ0v) is 12.6. The van der Waals surface area contributed by atoms with Gasteiger partial charge in [-0.2, -0.15) is 9.40 Å². The van der Waals surface area contributed by atoms with E-state index in [0.29, 0.717) is 13.0 Å². The lowest BCUT2D eigenvalue weighted by molar-refractivity contribution is -0.118. The van der Waals surface area contributed by atoms with Crippen molar-refractivity contribution in [1.82, 2.24) is 14.1 Å². The molecule has 0 atom stereocenters. The first-order chi connectivity index (χ1) is 9.32. The molecule has 1 aromatic rings. The van der Waals surface area contributed by atoms with Gasteiger partial charge in [-0.1, -0.05) is 13.3 Å². The zero-order chi connectivity index (χ0) is 15.3. The van der Waals surface area contributed by atoms with Crippen molar-refractivity contribution in [3.8, 4) is 0 Å². The molecule has 0 aliphatic rings. The van der Waals surface area contributed by atoms with Gasteiger partial charge in [0.05, 0.1) is 6.54 Å². The standard InChI is InChI=1S/C11H21N5O3S/c1-3-5-6-16(8-10(12)17)20(18,19)9-7-15(4-2)14-11(9)13/h7H,3-6,8H2,1-2H3,(H2,12,17)(H2,13,14). The average molecular weight is 303 g/mol. The van der Waals surface area contributed by atoms with Crippen LogP contribution in [0.4, 0.5) is 5.82 Å². The van der Waals surface area contributed by atoms with Gasteiger partial charge in [0, 0.05) is 19.3 Å². The summed E-state index contributed by atoms with van der Waals surface area (Å²) in [6, 6.07) is 0. The highest BCUT2D eigenvalue weighted by molar-refractivity contribution is 7.89. The lowest BCUT2D eigenvalue weighted by Gasteiger charge is -2.19. The summed E-state index contributed by atoms with van der Waals surface area (Å²) in [6.07, 6.45) is 2.80. The van der Waals surface area contributed by atoms with Crippen molar-refractivity contribution in [2.24, 2.45) is 5.73 Å². The van der Waals surface area contributed by atoms with Crippen LogP contribution in [0.25, 0.3) is 0 Å². The van der Waals surface area contributed by atoms with Gasteiger partial charge in [0.25, 0.3) is 0 Å². The van der Waals surface area contributed by atoms with Crippen molar-refractivity contribution < 1.29 is 13.2 Å². The Morgan fingerprint density at radius 3 is 2.55 bits per heavy atom. The number of anilines is 1. The maximum Gasteiger partial charge on any atom is 0.248 e. The van der Waals surface area contributed by atoms with Crippen LogP contribution in [-0.4, -0.2) is 41.5 Å². The maximum absolute atomic E-state index is 12.5. The molecular formula is C11H21N5O3S. The van der Waals surface area contributed by atoms with E-state index in [1.54, 1.807) is 0 Å². The summed E-state index contributed by atoms with van der Waals surface area (Å²) in [6.45, 7) is 4.11. The van der Waals surface area contributed by atoms with Crippen LogP contribution in [0.15, 0.2) is 11.1 Å². The Bertz CT molecular complexity index is 567. The summed E-state index contributed by atoms with van der Waals surface area (Å²) < 4.78 is 27.5. The molecule has 9 heteroatoms. The Morgan fingerprint density at radius 2 is 2.10 bits per heavy atom. The van der Waals surface area contributed by atoms with E-state index in [9.17, 15) is 13.2 Å². The number of sulfonamides is 1. The second-order valence-electron chi connectivity index (χ2n) is 4.39. The highest BCUT2D eigenvalue weighted by Crippen LogP contribution is 2.21. The van der Waals surface area contributed by atoms with Gasteiger partial charge >= 0.3 is 0 Å². The number of carbonyl (C=O) groups is 1. The summed E-state index contributed by atoms with van der Waals surface area (Å²) in [4.78, 5) is 11.0. The van der Waals surface area contributed by atoms with Gasteiger partial charge in [0.1, 0.15) is 4.90 Å². The predicted octanol–water partition coefficient (Wildman–Crippen LogP) is -0.239. The first-order valence-electron chi connectivity index (χ1n) is 6.44. The van der Waals surface area contributed by atoms with Crippen LogP contribution in [0, 0.1) is 0 Å². The van der Waals surface area contributed by atoms with Crippen LogP contribution >= 0.6 is 0 Å². The molecule has 20 heavy (non-hydrogen) atoms. The molecule has 0 aliphatic carbocycles. The molecule has 0 saturated heterocycles. The molecular weight excluding hydrogens is 282 g/mol. The number of hydrogen-bond donors (Lipinski definition) is 2. The molecule has 114 valence electrons. The monoisotopic (exact) mass is 303 g/mol. The van der Waals surface area contributed by atoms with Crippen LogP contribution in [0.5, 0.6) is 0 Å². The minimum absolute atomic E-state index is 0.0715. The molecule has 8 nitrogen and oxygen atoms in total. The van der Waals surface area contributed by atoms with Crippen molar-refractivity contribution in [3.05, 3.63) is 6.20 Å². The molecule has 0 unspecified atom stereocenters. The van der Waals surface area contributed by atoms with E-state index in [-0.39, 0.29) is 23.8 Å². The van der Waals surface area contributed by atoms with Gasteiger partial charge < -0.3 is 11.5 Å². The number of amides is 1. The van der Waals surface area contributed by atoms with E-state index in [1.807, 2.05) is 13.8 Å². The fourth-order valence-corrected chi connectivity index (χ4v) is 3.22. The number of unbranched alkanes of at least 4 members (excludes halogenated alkanes) is 1. The van der Waals surface area contributed by atoms with Crippen molar-refractivity contribution in [2.75, 3.05) is 18.8 Å². The minimum atomic E-state index is -3.86. The van der Waals surface area contributed by atoms with Gasteiger partial charge in [-0.3, -0.25) is 9.48 Å².